The van der Waals surface area contributed by atoms with Crippen molar-refractivity contribution in [1.82, 2.24) is 4.90 Å². The fraction of sp³-hybridized carbons (Fsp3) is 0.364. The molecule has 0 aliphatic carbocycles. The van der Waals surface area contributed by atoms with Crippen molar-refractivity contribution in [3.63, 3.8) is 0 Å². The van der Waals surface area contributed by atoms with E-state index in [1.807, 2.05) is 11.9 Å². The number of nitrogens with zero attached hydrogens (tertiary/aromatic N) is 1. The van der Waals surface area contributed by atoms with E-state index in [2.05, 4.69) is 0 Å². The molecule has 0 saturated carbocycles. The van der Waals surface area contributed by atoms with Gasteiger partial charge in [-0.2, -0.15) is 0 Å². The Labute approximate surface area is 87.1 Å². The lowest BCUT2D eigenvalue weighted by Crippen LogP contribution is -2.34. The quantitative estimate of drug-likeness (QED) is 0.760. The Morgan fingerprint density at radius 3 is 3.00 bits per heavy atom. The lowest BCUT2D eigenvalue weighted by molar-refractivity contribution is -0.139. The van der Waals surface area contributed by atoms with Crippen molar-refractivity contribution in [2.75, 3.05) is 13.6 Å². The van der Waals surface area contributed by atoms with Gasteiger partial charge in [0.1, 0.15) is 5.82 Å². The molecule has 80 valence electrons. The predicted octanol–water partition coefficient (Wildman–Crippen LogP) is 1.44. The van der Waals surface area contributed by atoms with Crippen LogP contribution in [-0.4, -0.2) is 29.6 Å². The van der Waals surface area contributed by atoms with E-state index in [-0.39, 0.29) is 5.82 Å². The number of aliphatic carboxylic acids is 1. The Hall–Kier alpha value is -1.42. The second-order valence-electron chi connectivity index (χ2n) is 3.93. The molecule has 0 aromatic heterocycles. The maximum absolute atomic E-state index is 13.0. The van der Waals surface area contributed by atoms with Gasteiger partial charge in [-0.05, 0) is 30.3 Å². The highest BCUT2D eigenvalue weighted by atomic mass is 19.1. The molecule has 1 aliphatic rings. The van der Waals surface area contributed by atoms with Crippen molar-refractivity contribution in [1.29, 1.82) is 0 Å². The highest BCUT2D eigenvalue weighted by Crippen LogP contribution is 2.28. The first kappa shape index (κ1) is 10.1. The van der Waals surface area contributed by atoms with Gasteiger partial charge in [0, 0.05) is 13.1 Å². The molecule has 0 amide bonds. The highest BCUT2D eigenvalue weighted by molar-refractivity contribution is 5.77. The van der Waals surface area contributed by atoms with Crippen LogP contribution in [-0.2, 0) is 11.3 Å². The van der Waals surface area contributed by atoms with Crippen molar-refractivity contribution in [3.05, 3.63) is 35.1 Å². The van der Waals surface area contributed by atoms with Crippen molar-refractivity contribution in [2.45, 2.75) is 12.5 Å². The second kappa shape index (κ2) is 3.62. The summed E-state index contributed by atoms with van der Waals surface area (Å²) in [6.45, 7) is 1.09. The molecule has 1 aliphatic heterocycles. The molecule has 15 heavy (non-hydrogen) atoms. The van der Waals surface area contributed by atoms with Crippen LogP contribution in [0.5, 0.6) is 0 Å². The average molecular weight is 209 g/mol. The third-order valence-corrected chi connectivity index (χ3v) is 2.71. The van der Waals surface area contributed by atoms with Gasteiger partial charge in [-0.3, -0.25) is 4.79 Å². The lowest BCUT2D eigenvalue weighted by atomic mass is 9.90. The standard InChI is InChI=1S/C11H12FNO2/c1-13-5-7-4-8(12)2-3-9(7)10(6-13)11(14)15/h2-4,10H,5-6H2,1H3,(H,14,15). The molecule has 1 aromatic rings. The molecule has 1 heterocycles. The van der Waals surface area contributed by atoms with Crippen molar-refractivity contribution in [3.8, 4) is 0 Å². The average Bonchev–Trinajstić information content (AvgIpc) is 2.15. The highest BCUT2D eigenvalue weighted by Gasteiger charge is 2.28. The number of fused-ring (bicyclic) bond motifs is 1. The zero-order valence-corrected chi connectivity index (χ0v) is 8.40. The zero-order valence-electron chi connectivity index (χ0n) is 8.40. The van der Waals surface area contributed by atoms with E-state index in [9.17, 15) is 9.18 Å². The Morgan fingerprint density at radius 2 is 2.33 bits per heavy atom. The molecular weight excluding hydrogens is 197 g/mol. The Bertz CT molecular complexity index is 406. The largest absolute Gasteiger partial charge is 0.481 e. The van der Waals surface area contributed by atoms with Gasteiger partial charge in [0.2, 0.25) is 0 Å². The summed E-state index contributed by atoms with van der Waals surface area (Å²) in [7, 11) is 1.84. The number of likely N-dealkylation sites (N-methyl/N-ethyl adjacent to an activating group) is 1. The number of benzene rings is 1. The molecule has 1 unspecified atom stereocenters. The third kappa shape index (κ3) is 1.85. The van der Waals surface area contributed by atoms with Gasteiger partial charge in [-0.1, -0.05) is 6.07 Å². The number of carboxylic acid groups (broad SMARTS) is 1. The SMILES string of the molecule is CN1Cc2cc(F)ccc2C(C(=O)O)C1. The molecule has 3 nitrogen and oxygen atoms in total. The van der Waals surface area contributed by atoms with Crippen LogP contribution in [0.2, 0.25) is 0 Å². The fourth-order valence-corrected chi connectivity index (χ4v) is 2.03. The summed E-state index contributed by atoms with van der Waals surface area (Å²) in [5, 5.41) is 9.05. The minimum absolute atomic E-state index is 0.312. The van der Waals surface area contributed by atoms with Crippen LogP contribution < -0.4 is 0 Å². The van der Waals surface area contributed by atoms with Gasteiger partial charge in [-0.15, -0.1) is 0 Å². The minimum atomic E-state index is -0.852. The summed E-state index contributed by atoms with van der Waals surface area (Å²) in [5.74, 6) is -1.71. The van der Waals surface area contributed by atoms with E-state index in [0.717, 1.165) is 11.1 Å². The zero-order chi connectivity index (χ0) is 11.0. The van der Waals surface area contributed by atoms with Gasteiger partial charge in [0.05, 0.1) is 5.92 Å². The Balaban J connectivity index is 2.46. The van der Waals surface area contributed by atoms with E-state index in [4.69, 9.17) is 5.11 Å². The van der Waals surface area contributed by atoms with E-state index < -0.39 is 11.9 Å². The molecule has 0 radical (unpaired) electrons. The number of rotatable bonds is 1. The molecule has 0 fully saturated rings. The topological polar surface area (TPSA) is 40.5 Å². The molecule has 2 rings (SSSR count). The molecule has 1 atom stereocenters. The van der Waals surface area contributed by atoms with Crippen LogP contribution in [0.4, 0.5) is 4.39 Å². The summed E-state index contributed by atoms with van der Waals surface area (Å²) >= 11 is 0. The van der Waals surface area contributed by atoms with E-state index in [0.29, 0.717) is 13.1 Å². The summed E-state index contributed by atoms with van der Waals surface area (Å²) in [5.41, 5.74) is 1.51. The minimum Gasteiger partial charge on any atom is -0.481 e. The van der Waals surface area contributed by atoms with Gasteiger partial charge in [0.15, 0.2) is 0 Å². The smallest absolute Gasteiger partial charge is 0.312 e. The van der Waals surface area contributed by atoms with Crippen molar-refractivity contribution in [2.24, 2.45) is 0 Å². The molecular formula is C11H12FNO2. The molecule has 0 spiro atoms. The number of halogens is 1. The summed E-state index contributed by atoms with van der Waals surface area (Å²) < 4.78 is 13.0. The first-order valence-corrected chi connectivity index (χ1v) is 4.77. The normalized spacial score (nSPS) is 21.1. The van der Waals surface area contributed by atoms with Crippen LogP contribution in [0.15, 0.2) is 18.2 Å². The fourth-order valence-electron chi connectivity index (χ4n) is 2.03. The maximum atomic E-state index is 13.0. The number of carbonyl (C=O) groups is 1. The predicted molar refractivity (Wildman–Crippen MR) is 53.1 cm³/mol. The van der Waals surface area contributed by atoms with Crippen molar-refractivity contribution < 1.29 is 14.3 Å². The molecule has 1 aromatic carbocycles. The Kier molecular flexibility index (Phi) is 2.44. The molecule has 0 saturated heterocycles. The molecule has 0 bridgehead atoms. The van der Waals surface area contributed by atoms with E-state index in [1.54, 1.807) is 6.07 Å². The van der Waals surface area contributed by atoms with Crippen LogP contribution in [0.1, 0.15) is 17.0 Å². The summed E-state index contributed by atoms with van der Waals surface area (Å²) in [6, 6.07) is 4.32. The van der Waals surface area contributed by atoms with Crippen LogP contribution in [0.3, 0.4) is 0 Å². The lowest BCUT2D eigenvalue weighted by Gasteiger charge is -2.29. The number of hydrogen-bond acceptors (Lipinski definition) is 2. The van der Waals surface area contributed by atoms with Crippen molar-refractivity contribution >= 4 is 5.97 Å². The first-order valence-electron chi connectivity index (χ1n) is 4.77. The monoisotopic (exact) mass is 209 g/mol. The van der Waals surface area contributed by atoms with Gasteiger partial charge in [-0.25, -0.2) is 4.39 Å². The Morgan fingerprint density at radius 1 is 1.60 bits per heavy atom. The summed E-state index contributed by atoms with van der Waals surface area (Å²) in [4.78, 5) is 12.9. The molecule has 1 N–H and O–H groups in total. The number of carboxylic acids is 1. The molecule has 4 heteroatoms. The third-order valence-electron chi connectivity index (χ3n) is 2.71. The summed E-state index contributed by atoms with van der Waals surface area (Å²) in [6.07, 6.45) is 0. The van der Waals surface area contributed by atoms with Gasteiger partial charge in [0.25, 0.3) is 0 Å². The van der Waals surface area contributed by atoms with Crippen LogP contribution in [0.25, 0.3) is 0 Å². The van der Waals surface area contributed by atoms with Crippen LogP contribution >= 0.6 is 0 Å². The second-order valence-corrected chi connectivity index (χ2v) is 3.93. The number of hydrogen-bond donors (Lipinski definition) is 1. The first-order chi connectivity index (χ1) is 7.08. The van der Waals surface area contributed by atoms with E-state index in [1.165, 1.54) is 12.1 Å². The van der Waals surface area contributed by atoms with Gasteiger partial charge >= 0.3 is 5.97 Å². The van der Waals surface area contributed by atoms with E-state index >= 15 is 0 Å². The van der Waals surface area contributed by atoms with Crippen LogP contribution in [0, 0.1) is 5.82 Å². The maximum Gasteiger partial charge on any atom is 0.312 e. The van der Waals surface area contributed by atoms with Gasteiger partial charge < -0.3 is 10.0 Å².